The fourth-order valence-corrected chi connectivity index (χ4v) is 1.60. The van der Waals surface area contributed by atoms with E-state index in [4.69, 9.17) is 52.3 Å². The molecular weight excluding hydrogens is 583 g/mol. The predicted molar refractivity (Wildman–Crippen MR) is 125 cm³/mol. The molecule has 2 aliphatic heterocycles. The number of aliphatic hydroxyl groups excluding tert-OH is 4. The number of piperidine rings is 1. The molecule has 16 heteroatoms. The number of allylic oxidation sites excluding steroid dienone is 2. The summed E-state index contributed by atoms with van der Waals surface area (Å²) in [5.74, 6) is -0.555. The van der Waals surface area contributed by atoms with Gasteiger partial charge in [0.15, 0.2) is 0 Å². The maximum Gasteiger partial charge on any atom is 1.00 e. The summed E-state index contributed by atoms with van der Waals surface area (Å²) in [5, 5.41) is 68.8. The van der Waals surface area contributed by atoms with E-state index in [-0.39, 0.29) is 51.9 Å². The molecule has 0 aromatic heterocycles. The van der Waals surface area contributed by atoms with Crippen LogP contribution in [0.3, 0.4) is 0 Å². The number of carbonyl (C=O) groups excluding carboxylic acids is 2. The molecule has 1 saturated heterocycles. The molecule has 0 aromatic rings. The molecule has 0 bridgehead atoms. The van der Waals surface area contributed by atoms with Crippen LogP contribution < -0.4 is 11.5 Å². The summed E-state index contributed by atoms with van der Waals surface area (Å²) in [4.78, 5) is 20.9. The molecule has 1 unspecified atom stereocenters. The molecule has 0 saturated carbocycles. The Labute approximate surface area is 233 Å². The molecular formula is C20H42Cu2N4O10. The van der Waals surface area contributed by atoms with Gasteiger partial charge < -0.3 is 63.0 Å². The zero-order valence-electron chi connectivity index (χ0n) is 20.7. The number of primary amides is 2. The normalized spacial score (nSPS) is 15.0. The van der Waals surface area contributed by atoms with Gasteiger partial charge in [-0.15, -0.1) is 13.1 Å². The van der Waals surface area contributed by atoms with Crippen LogP contribution in [0.2, 0.25) is 0 Å². The minimum Gasteiger partial charge on any atom is -0.687 e. The zero-order valence-corrected chi connectivity index (χ0v) is 22.6. The standard InChI is InChI=1S/C6H11N2O.C6H8N2O.4C2H6O2.2Cu/c2*7-6(9)5-2-1-3-8-4-5;4*1-2(3)4;;/h5H,1-4H2,(H2,7,9);1-3H,4H2,(H3,7,8,9);4*2-4H,1H3;;/q-1;;;;;;2*+1/p-1. The number of hydrogen-bond acceptors (Lipinski definition) is 10. The predicted octanol–water partition coefficient (Wildman–Crippen LogP) is -2.18. The van der Waals surface area contributed by atoms with Crippen LogP contribution in [0.25, 0.3) is 10.6 Å². The number of nitrogens with zero attached hydrogens (tertiary/aromatic N) is 2. The monoisotopic (exact) mass is 624 g/mol. The van der Waals surface area contributed by atoms with Crippen molar-refractivity contribution < 1.29 is 84.6 Å². The van der Waals surface area contributed by atoms with Gasteiger partial charge in [0.1, 0.15) is 25.2 Å². The Bertz CT molecular complexity index is 512. The zero-order chi connectivity index (χ0) is 27.7. The van der Waals surface area contributed by atoms with E-state index in [0.717, 1.165) is 19.4 Å². The van der Waals surface area contributed by atoms with Crippen LogP contribution >= 0.6 is 0 Å². The minimum atomic E-state index is -1.17. The summed E-state index contributed by atoms with van der Waals surface area (Å²) in [6.07, 6.45) is 2.30. The molecule has 2 rings (SSSR count). The van der Waals surface area contributed by atoms with Crippen LogP contribution in [0.5, 0.6) is 0 Å². The van der Waals surface area contributed by atoms with Crippen molar-refractivity contribution in [3.63, 3.8) is 0 Å². The summed E-state index contributed by atoms with van der Waals surface area (Å²) in [6.45, 7) is 7.09. The van der Waals surface area contributed by atoms with E-state index in [0.29, 0.717) is 18.7 Å². The molecule has 36 heavy (non-hydrogen) atoms. The van der Waals surface area contributed by atoms with Crippen molar-refractivity contribution in [2.45, 2.75) is 65.7 Å². The third kappa shape index (κ3) is 63.8. The average Bonchev–Trinajstić information content (AvgIpc) is 2.68. The van der Waals surface area contributed by atoms with Gasteiger partial charge in [-0.25, -0.2) is 0 Å². The van der Waals surface area contributed by atoms with E-state index in [2.05, 4.69) is 10.6 Å². The maximum atomic E-state index is 10.5. The molecule has 2 amide bonds. The third-order valence-corrected chi connectivity index (χ3v) is 2.69. The number of nitrogens with two attached hydrogens (primary N) is 2. The molecule has 1 fully saturated rings. The fourth-order valence-electron chi connectivity index (χ4n) is 1.60. The van der Waals surface area contributed by atoms with Gasteiger partial charge in [0.05, 0.1) is 0 Å². The number of amides is 2. The van der Waals surface area contributed by atoms with Gasteiger partial charge in [-0.2, -0.15) is 6.20 Å². The molecule has 224 valence electrons. The van der Waals surface area contributed by atoms with E-state index < -0.39 is 25.2 Å². The Kier molecular flexibility index (Phi) is 45.2. The van der Waals surface area contributed by atoms with Gasteiger partial charge in [-0.1, -0.05) is 25.1 Å². The summed E-state index contributed by atoms with van der Waals surface area (Å²) in [6, 6.07) is 0. The first-order valence-electron chi connectivity index (χ1n) is 10.2. The van der Waals surface area contributed by atoms with E-state index in [1.165, 1.54) is 27.7 Å². The van der Waals surface area contributed by atoms with Crippen LogP contribution in [-0.2, 0) is 43.7 Å². The Hall–Kier alpha value is -1.10. The molecule has 14 nitrogen and oxygen atoms in total. The quantitative estimate of drug-likeness (QED) is 0.117. The Morgan fingerprint density at radius 2 is 1.25 bits per heavy atom. The van der Waals surface area contributed by atoms with Crippen molar-refractivity contribution in [3.05, 3.63) is 34.6 Å². The largest absolute Gasteiger partial charge is 1.00 e. The van der Waals surface area contributed by atoms with E-state index in [1.807, 2.05) is 0 Å². The summed E-state index contributed by atoms with van der Waals surface area (Å²) >= 11 is 0. The Morgan fingerprint density at radius 1 is 0.861 bits per heavy atom. The second-order valence-corrected chi connectivity index (χ2v) is 6.64. The second kappa shape index (κ2) is 33.9. The van der Waals surface area contributed by atoms with Crippen LogP contribution in [0.4, 0.5) is 0 Å². The van der Waals surface area contributed by atoms with Gasteiger partial charge in [0.2, 0.25) is 11.8 Å². The summed E-state index contributed by atoms with van der Waals surface area (Å²) in [7, 11) is 0. The SMILES string of the molecule is CC(O)O.CC(O)O.CC(O)O.CC(O)O.NC(=O)C1=CC=C[N-]C1.NC(=O)C1CCC[N-]C1.[Cu+].[Cu+]. The first kappa shape index (κ1) is 48.0. The minimum absolute atomic E-state index is 0. The van der Waals surface area contributed by atoms with Gasteiger partial charge in [0, 0.05) is 5.92 Å². The smallest absolute Gasteiger partial charge is 0.687 e. The molecule has 0 aromatic carbocycles. The molecule has 2 aliphatic rings. The van der Waals surface area contributed by atoms with Crippen LogP contribution in [-0.4, -0.2) is 97.5 Å². The summed E-state index contributed by atoms with van der Waals surface area (Å²) in [5.41, 5.74) is 10.6. The van der Waals surface area contributed by atoms with Crippen molar-refractivity contribution in [2.75, 3.05) is 19.6 Å². The number of aliphatic hydroxyl groups is 8. The maximum absolute atomic E-state index is 10.5. The number of hydrogen-bond donors (Lipinski definition) is 10. The van der Waals surface area contributed by atoms with Crippen LogP contribution in [0.15, 0.2) is 23.9 Å². The van der Waals surface area contributed by atoms with Crippen molar-refractivity contribution in [1.82, 2.24) is 0 Å². The molecule has 0 spiro atoms. The van der Waals surface area contributed by atoms with Crippen molar-refractivity contribution in [1.29, 1.82) is 0 Å². The van der Waals surface area contributed by atoms with E-state index in [1.54, 1.807) is 18.4 Å². The Balaban J connectivity index is -0.0000000781. The van der Waals surface area contributed by atoms with Crippen molar-refractivity contribution in [3.8, 4) is 0 Å². The number of carbonyl (C=O) groups is 2. The molecule has 0 radical (unpaired) electrons. The topological polar surface area (TPSA) is 276 Å². The first-order chi connectivity index (χ1) is 15.5. The Morgan fingerprint density at radius 3 is 1.42 bits per heavy atom. The van der Waals surface area contributed by atoms with Crippen molar-refractivity contribution >= 4 is 11.8 Å². The van der Waals surface area contributed by atoms with E-state index in [9.17, 15) is 9.59 Å². The van der Waals surface area contributed by atoms with Gasteiger partial charge in [-0.3, -0.25) is 9.59 Å². The number of rotatable bonds is 2. The molecule has 1 atom stereocenters. The fraction of sp³-hybridized carbons (Fsp3) is 0.700. The first-order valence-corrected chi connectivity index (χ1v) is 10.2. The second-order valence-electron chi connectivity index (χ2n) is 6.64. The average molecular weight is 626 g/mol. The molecule has 12 N–H and O–H groups in total. The third-order valence-electron chi connectivity index (χ3n) is 2.69. The summed E-state index contributed by atoms with van der Waals surface area (Å²) < 4.78 is 0. The van der Waals surface area contributed by atoms with Crippen molar-refractivity contribution in [2.24, 2.45) is 17.4 Å². The van der Waals surface area contributed by atoms with Crippen LogP contribution in [0.1, 0.15) is 40.5 Å². The molecule has 2 heterocycles. The molecule has 0 aliphatic carbocycles. The van der Waals surface area contributed by atoms with Gasteiger partial charge >= 0.3 is 34.1 Å². The van der Waals surface area contributed by atoms with Gasteiger partial charge in [0.25, 0.3) is 0 Å². The van der Waals surface area contributed by atoms with Crippen LogP contribution in [0, 0.1) is 5.92 Å². The van der Waals surface area contributed by atoms with E-state index >= 15 is 0 Å². The van der Waals surface area contributed by atoms with Gasteiger partial charge in [-0.05, 0) is 39.7 Å².